The van der Waals surface area contributed by atoms with E-state index in [-0.39, 0.29) is 29.4 Å². The van der Waals surface area contributed by atoms with Crippen LogP contribution in [-0.2, 0) is 30.6 Å². The van der Waals surface area contributed by atoms with Gasteiger partial charge in [0.2, 0.25) is 5.91 Å². The molecule has 6 N–H and O–H groups in total. The number of urea groups is 1. The Morgan fingerprint density at radius 3 is 2.53 bits per heavy atom. The summed E-state index contributed by atoms with van der Waals surface area (Å²) < 4.78 is 0. The molecule has 0 spiro atoms. The Bertz CT molecular complexity index is 1310. The van der Waals surface area contributed by atoms with E-state index in [1.54, 1.807) is 6.07 Å². The number of aromatic hydroxyl groups is 1. The number of β-amino-alcohol motifs (C(OH)–C–C–N with tert-alkyl or cyclic N) is 1. The summed E-state index contributed by atoms with van der Waals surface area (Å²) in [4.78, 5) is 26.1. The predicted molar refractivity (Wildman–Crippen MR) is 148 cm³/mol. The van der Waals surface area contributed by atoms with Crippen LogP contribution in [0.15, 0.2) is 66.7 Å². The van der Waals surface area contributed by atoms with Gasteiger partial charge in [-0.15, -0.1) is 0 Å². The van der Waals surface area contributed by atoms with Crippen molar-refractivity contribution >= 4 is 17.6 Å². The van der Waals surface area contributed by atoms with Crippen molar-refractivity contribution in [2.45, 2.75) is 51.3 Å². The molecule has 1 aliphatic heterocycles. The molecule has 0 aliphatic carbocycles. The van der Waals surface area contributed by atoms with Crippen LogP contribution in [-0.4, -0.2) is 45.7 Å². The summed E-state index contributed by atoms with van der Waals surface area (Å²) in [6, 6.07) is 20.1. The number of fused-ring (bicyclic) bond motifs is 1. The van der Waals surface area contributed by atoms with Crippen molar-refractivity contribution in [1.82, 2.24) is 10.2 Å². The van der Waals surface area contributed by atoms with Crippen LogP contribution in [0.4, 0.5) is 10.5 Å². The van der Waals surface area contributed by atoms with Gasteiger partial charge in [-0.25, -0.2) is 4.79 Å². The molecule has 1 unspecified atom stereocenters. The van der Waals surface area contributed by atoms with Gasteiger partial charge in [0, 0.05) is 25.2 Å². The van der Waals surface area contributed by atoms with Crippen LogP contribution in [0.1, 0.15) is 47.8 Å². The van der Waals surface area contributed by atoms with Crippen LogP contribution in [0.2, 0.25) is 0 Å². The van der Waals surface area contributed by atoms with E-state index in [1.165, 1.54) is 23.3 Å². The maximum absolute atomic E-state index is 13.0. The zero-order chi connectivity index (χ0) is 27.3. The van der Waals surface area contributed by atoms with Gasteiger partial charge >= 0.3 is 6.03 Å². The van der Waals surface area contributed by atoms with Crippen LogP contribution in [0.5, 0.6) is 5.75 Å². The number of primary amides is 1. The van der Waals surface area contributed by atoms with Crippen LogP contribution >= 0.6 is 0 Å². The minimum atomic E-state index is -0.859. The summed E-state index contributed by atoms with van der Waals surface area (Å²) in [5, 5.41) is 26.3. The Balaban J connectivity index is 1.33. The number of benzene rings is 3. The molecule has 8 heteroatoms. The largest absolute Gasteiger partial charge is 0.506 e. The number of rotatable bonds is 9. The van der Waals surface area contributed by atoms with Gasteiger partial charge in [-0.1, -0.05) is 54.6 Å². The number of aliphatic hydroxyl groups is 1. The van der Waals surface area contributed by atoms with E-state index in [4.69, 9.17) is 5.73 Å². The SMILES string of the molecule is CC(C)(Cc1cccc(CC(=O)N2CCc3ccccc3C2)c1)NCC(O)c1ccc(O)c(NC(N)=O)c1. The monoisotopic (exact) mass is 516 g/mol. The molecular formula is C30H36N4O4. The maximum Gasteiger partial charge on any atom is 0.316 e. The summed E-state index contributed by atoms with van der Waals surface area (Å²) in [7, 11) is 0. The second-order valence-corrected chi connectivity index (χ2v) is 10.6. The number of phenolic OH excluding ortho intramolecular Hbond substituents is 1. The van der Waals surface area contributed by atoms with Gasteiger partial charge in [-0.3, -0.25) is 4.79 Å². The number of nitrogens with two attached hydrogens (primary N) is 1. The number of nitrogens with one attached hydrogen (secondary N) is 2. The first kappa shape index (κ1) is 27.2. The van der Waals surface area contributed by atoms with Gasteiger partial charge in [-0.05, 0) is 66.6 Å². The molecule has 0 fully saturated rings. The minimum Gasteiger partial charge on any atom is -0.506 e. The number of hydrogen-bond donors (Lipinski definition) is 5. The zero-order valence-electron chi connectivity index (χ0n) is 21.9. The fraction of sp³-hybridized carbons (Fsp3) is 0.333. The minimum absolute atomic E-state index is 0.128. The number of phenols is 1. The molecule has 38 heavy (non-hydrogen) atoms. The highest BCUT2D eigenvalue weighted by molar-refractivity contribution is 5.89. The molecule has 3 aromatic carbocycles. The molecule has 8 nitrogen and oxygen atoms in total. The van der Waals surface area contributed by atoms with E-state index in [1.807, 2.05) is 35.2 Å². The molecule has 0 radical (unpaired) electrons. The number of amides is 3. The van der Waals surface area contributed by atoms with Gasteiger partial charge in [0.05, 0.1) is 18.2 Å². The summed E-state index contributed by atoms with van der Waals surface area (Å²) in [6.45, 7) is 5.78. The summed E-state index contributed by atoms with van der Waals surface area (Å²) in [6.07, 6.45) is 1.09. The molecule has 0 saturated carbocycles. The average Bonchev–Trinajstić information content (AvgIpc) is 2.88. The Morgan fingerprint density at radius 1 is 1.03 bits per heavy atom. The van der Waals surface area contributed by atoms with Gasteiger partial charge in [0.15, 0.2) is 0 Å². The summed E-state index contributed by atoms with van der Waals surface area (Å²) in [5.74, 6) is 0.00718. The topological polar surface area (TPSA) is 128 Å². The summed E-state index contributed by atoms with van der Waals surface area (Å²) in [5.41, 5.74) is 10.1. The Kier molecular flexibility index (Phi) is 8.34. The second-order valence-electron chi connectivity index (χ2n) is 10.6. The van der Waals surface area contributed by atoms with Gasteiger partial charge < -0.3 is 31.5 Å². The fourth-order valence-corrected chi connectivity index (χ4v) is 4.90. The standard InChI is InChI=1S/C30H36N4O4/c1-30(2,32-18-27(36)23-10-11-26(35)25(16-23)33-29(31)38)17-21-7-5-6-20(14-21)15-28(37)34-13-12-22-8-3-4-9-24(22)19-34/h3-11,14,16,27,32,35-36H,12-13,15,17-19H2,1-2H3,(H3,31,33,38). The number of aliphatic hydroxyl groups excluding tert-OH is 1. The molecular weight excluding hydrogens is 480 g/mol. The van der Waals surface area contributed by atoms with E-state index >= 15 is 0 Å². The first-order valence-electron chi connectivity index (χ1n) is 12.8. The van der Waals surface area contributed by atoms with Crippen LogP contribution < -0.4 is 16.4 Å². The third-order valence-electron chi connectivity index (χ3n) is 6.91. The van der Waals surface area contributed by atoms with E-state index in [2.05, 4.69) is 42.7 Å². The van der Waals surface area contributed by atoms with Crippen LogP contribution in [0, 0.1) is 0 Å². The molecule has 3 aromatic rings. The van der Waals surface area contributed by atoms with E-state index in [0.29, 0.717) is 24.9 Å². The molecule has 3 amide bonds. The first-order chi connectivity index (χ1) is 18.1. The normalized spacial score (nSPS) is 14.0. The highest BCUT2D eigenvalue weighted by atomic mass is 16.3. The van der Waals surface area contributed by atoms with Gasteiger partial charge in [0.25, 0.3) is 0 Å². The number of anilines is 1. The molecule has 4 rings (SSSR count). The average molecular weight is 517 g/mol. The van der Waals surface area contributed by atoms with E-state index in [9.17, 15) is 19.8 Å². The molecule has 1 heterocycles. The van der Waals surface area contributed by atoms with Gasteiger partial charge in [0.1, 0.15) is 5.75 Å². The van der Waals surface area contributed by atoms with Crippen molar-refractivity contribution in [3.63, 3.8) is 0 Å². The first-order valence-corrected chi connectivity index (χ1v) is 12.8. The van der Waals surface area contributed by atoms with Crippen molar-refractivity contribution in [2.24, 2.45) is 5.73 Å². The molecule has 0 aromatic heterocycles. The fourth-order valence-electron chi connectivity index (χ4n) is 4.90. The smallest absolute Gasteiger partial charge is 0.316 e. The lowest BCUT2D eigenvalue weighted by Gasteiger charge is -2.29. The molecule has 1 aliphatic rings. The van der Waals surface area contributed by atoms with Crippen molar-refractivity contribution in [2.75, 3.05) is 18.4 Å². The molecule has 0 saturated heterocycles. The number of hydrogen-bond acceptors (Lipinski definition) is 5. The molecule has 0 bridgehead atoms. The van der Waals surface area contributed by atoms with E-state index in [0.717, 1.165) is 24.1 Å². The van der Waals surface area contributed by atoms with Gasteiger partial charge in [-0.2, -0.15) is 0 Å². The van der Waals surface area contributed by atoms with Crippen molar-refractivity contribution in [1.29, 1.82) is 0 Å². The van der Waals surface area contributed by atoms with Crippen molar-refractivity contribution < 1.29 is 19.8 Å². The second kappa shape index (κ2) is 11.7. The Hall–Kier alpha value is -3.88. The number of carbonyl (C=O) groups excluding carboxylic acids is 2. The maximum atomic E-state index is 13.0. The highest BCUT2D eigenvalue weighted by Gasteiger charge is 2.23. The van der Waals surface area contributed by atoms with Crippen molar-refractivity contribution in [3.05, 3.63) is 94.5 Å². The highest BCUT2D eigenvalue weighted by Crippen LogP contribution is 2.27. The van der Waals surface area contributed by atoms with Crippen LogP contribution in [0.25, 0.3) is 0 Å². The number of nitrogens with zero attached hydrogens (tertiary/aromatic N) is 1. The van der Waals surface area contributed by atoms with Crippen LogP contribution in [0.3, 0.4) is 0 Å². The lowest BCUT2D eigenvalue weighted by molar-refractivity contribution is -0.131. The molecule has 1 atom stereocenters. The van der Waals surface area contributed by atoms with Crippen molar-refractivity contribution in [3.8, 4) is 5.75 Å². The predicted octanol–water partition coefficient (Wildman–Crippen LogP) is 3.65. The Labute approximate surface area is 223 Å². The Morgan fingerprint density at radius 2 is 1.76 bits per heavy atom. The number of carbonyl (C=O) groups is 2. The van der Waals surface area contributed by atoms with E-state index < -0.39 is 12.1 Å². The third kappa shape index (κ3) is 7.12. The molecule has 200 valence electrons. The quantitative estimate of drug-likeness (QED) is 0.277. The lowest BCUT2D eigenvalue weighted by atomic mass is 9.93. The summed E-state index contributed by atoms with van der Waals surface area (Å²) >= 11 is 0. The third-order valence-corrected chi connectivity index (χ3v) is 6.91. The zero-order valence-corrected chi connectivity index (χ0v) is 21.9. The lowest BCUT2D eigenvalue weighted by Crippen LogP contribution is -2.43.